The van der Waals surface area contributed by atoms with Crippen molar-refractivity contribution in [3.05, 3.63) is 0 Å². The SMILES string of the molecule is O=[P+](O)O[P+](=O)O.OCC(CO)(CO)COCC(CO)(CO)CO.PCl. The Morgan fingerprint density at radius 3 is 1.04 bits per heavy atom. The number of aliphatic hydroxyl groups is 6. The molecule has 0 rings (SSSR count). The molecule has 8 N–H and O–H groups in total. The van der Waals surface area contributed by atoms with Gasteiger partial charge in [0.25, 0.3) is 0 Å². The van der Waals surface area contributed by atoms with Gasteiger partial charge in [-0.1, -0.05) is 0 Å². The van der Waals surface area contributed by atoms with Crippen LogP contribution in [-0.4, -0.2) is 93.3 Å². The van der Waals surface area contributed by atoms with E-state index >= 15 is 0 Å². The van der Waals surface area contributed by atoms with Gasteiger partial charge in [0.15, 0.2) is 4.31 Å². The zero-order valence-corrected chi connectivity index (χ0v) is 17.4. The van der Waals surface area contributed by atoms with Crippen molar-refractivity contribution in [2.24, 2.45) is 10.8 Å². The first-order chi connectivity index (χ1) is 12.2. The van der Waals surface area contributed by atoms with Crippen LogP contribution in [0.25, 0.3) is 0 Å². The maximum absolute atomic E-state index is 9.39. The van der Waals surface area contributed by atoms with Crippen molar-refractivity contribution in [1.82, 2.24) is 0 Å². The van der Waals surface area contributed by atoms with Gasteiger partial charge >= 0.3 is 16.5 Å². The van der Waals surface area contributed by atoms with E-state index in [9.17, 15) is 9.13 Å². The molecule has 26 heavy (non-hydrogen) atoms. The van der Waals surface area contributed by atoms with E-state index in [4.69, 9.17) is 45.2 Å². The fraction of sp³-hybridized carbons (Fsp3) is 1.00. The summed E-state index contributed by atoms with van der Waals surface area (Å²) in [5.41, 5.74) is -2.32. The highest BCUT2D eigenvalue weighted by atomic mass is 35.7. The summed E-state index contributed by atoms with van der Waals surface area (Å²) < 4.78 is 27.3. The number of hydrogen-bond donors (Lipinski definition) is 8. The van der Waals surface area contributed by atoms with Crippen LogP contribution in [0.15, 0.2) is 0 Å². The van der Waals surface area contributed by atoms with Crippen LogP contribution < -0.4 is 0 Å². The Labute approximate surface area is 159 Å². The molecule has 0 heterocycles. The van der Waals surface area contributed by atoms with E-state index in [1.165, 1.54) is 0 Å². The molecule has 16 heteroatoms. The summed E-state index contributed by atoms with van der Waals surface area (Å²) in [5.74, 6) is 0. The molecule has 0 aliphatic heterocycles. The number of ether oxygens (including phenoxy) is 1. The second kappa shape index (κ2) is 18.9. The predicted octanol–water partition coefficient (Wildman–Crippen LogP) is -1.75. The van der Waals surface area contributed by atoms with Gasteiger partial charge in [0.1, 0.15) is 0 Å². The monoisotopic (exact) mass is 466 g/mol. The van der Waals surface area contributed by atoms with Crippen LogP contribution in [0.3, 0.4) is 0 Å². The van der Waals surface area contributed by atoms with Crippen molar-refractivity contribution >= 4 is 36.3 Å². The van der Waals surface area contributed by atoms with Gasteiger partial charge in [-0.05, 0) is 8.59 Å². The fourth-order valence-corrected chi connectivity index (χ4v) is 1.60. The average Bonchev–Trinajstić information content (AvgIpc) is 2.64. The standard InChI is InChI=1S/C10H22O7.ClH2P.O5P2/c11-1-9(2-12,3-13)7-17-8-10(4-14,5-15)6-16;1-2;1-6(2)5-7(3)4/h11-16H,1-8H2;2H2;/p+2. The van der Waals surface area contributed by atoms with Crippen LogP contribution in [0.4, 0.5) is 0 Å². The molecular weight excluding hydrogens is 440 g/mol. The highest BCUT2D eigenvalue weighted by molar-refractivity contribution is 7.52. The Balaban J connectivity index is -0.000000491. The van der Waals surface area contributed by atoms with Crippen LogP contribution in [0, 0.1) is 10.8 Å². The number of hydrogen-bond acceptors (Lipinski definition) is 10. The zero-order valence-electron chi connectivity index (χ0n) is 13.7. The summed E-state index contributed by atoms with van der Waals surface area (Å²) in [5, 5.41) is 54.2. The third kappa shape index (κ3) is 14.6. The van der Waals surface area contributed by atoms with Crippen molar-refractivity contribution in [1.29, 1.82) is 0 Å². The van der Waals surface area contributed by atoms with Crippen molar-refractivity contribution < 1.29 is 58.6 Å². The summed E-state index contributed by atoms with van der Waals surface area (Å²) in [7, 11) is -3.96. The van der Waals surface area contributed by atoms with Crippen LogP contribution in [0.2, 0.25) is 0 Å². The predicted molar refractivity (Wildman–Crippen MR) is 94.5 cm³/mol. The van der Waals surface area contributed by atoms with Crippen LogP contribution in [0.5, 0.6) is 0 Å². The third-order valence-electron chi connectivity index (χ3n) is 2.97. The zero-order chi connectivity index (χ0) is 21.2. The van der Waals surface area contributed by atoms with Crippen LogP contribution in [0.1, 0.15) is 0 Å². The Bertz CT molecular complexity index is 319. The minimum Gasteiger partial charge on any atom is -0.396 e. The maximum Gasteiger partial charge on any atom is 0.745 e. The maximum atomic E-state index is 9.39. The number of halogens is 1. The van der Waals surface area contributed by atoms with E-state index in [1.54, 1.807) is 0 Å². The van der Waals surface area contributed by atoms with Gasteiger partial charge in [-0.15, -0.1) is 21.0 Å². The molecule has 0 saturated carbocycles. The third-order valence-corrected chi connectivity index (χ3v) is 4.09. The molecule has 0 fully saturated rings. The molecule has 0 saturated heterocycles. The molecule has 0 amide bonds. The lowest BCUT2D eigenvalue weighted by molar-refractivity contribution is -0.103. The van der Waals surface area contributed by atoms with Gasteiger partial charge in [-0.2, -0.15) is 0 Å². The lowest BCUT2D eigenvalue weighted by atomic mass is 9.91. The molecule has 12 nitrogen and oxygen atoms in total. The largest absolute Gasteiger partial charge is 0.745 e. The van der Waals surface area contributed by atoms with Gasteiger partial charge in [0, 0.05) is 9.13 Å². The minimum atomic E-state index is -2.92. The van der Waals surface area contributed by atoms with E-state index in [-0.39, 0.29) is 13.2 Å². The number of rotatable bonds is 12. The molecule has 158 valence electrons. The van der Waals surface area contributed by atoms with E-state index < -0.39 is 67.0 Å². The topological polar surface area (TPSA) is 214 Å². The molecule has 3 unspecified atom stereocenters. The van der Waals surface area contributed by atoms with Crippen LogP contribution in [-0.2, 0) is 18.2 Å². The molecule has 0 aromatic carbocycles. The Morgan fingerprint density at radius 2 is 0.923 bits per heavy atom. The van der Waals surface area contributed by atoms with E-state index in [0.717, 1.165) is 0 Å². The second-order valence-electron chi connectivity index (χ2n) is 5.00. The van der Waals surface area contributed by atoms with E-state index in [1.807, 2.05) is 8.59 Å². The lowest BCUT2D eigenvalue weighted by Crippen LogP contribution is -2.43. The van der Waals surface area contributed by atoms with Gasteiger partial charge in [-0.25, -0.2) is 0 Å². The van der Waals surface area contributed by atoms with Crippen LogP contribution >= 0.6 is 36.3 Å². The first kappa shape index (κ1) is 31.2. The second-order valence-corrected chi connectivity index (χ2v) is 6.60. The quantitative estimate of drug-likeness (QED) is 0.150. The molecular formula is C10H26ClO12P3+2. The number of aliphatic hydroxyl groups excluding tert-OH is 6. The summed E-state index contributed by atoms with van der Waals surface area (Å²) in [6.07, 6.45) is 0. The van der Waals surface area contributed by atoms with Crippen molar-refractivity contribution in [3.63, 3.8) is 0 Å². The molecule has 0 bridgehead atoms. The van der Waals surface area contributed by atoms with Gasteiger partial charge in [-0.3, -0.25) is 0 Å². The molecule has 0 aliphatic carbocycles. The minimum absolute atomic E-state index is 0.141. The molecule has 0 spiro atoms. The first-order valence-corrected chi connectivity index (χ1v) is 10.7. The normalized spacial score (nSPS) is 12.4. The highest BCUT2D eigenvalue weighted by Gasteiger charge is 2.33. The molecule has 0 aromatic heterocycles. The first-order valence-electron chi connectivity index (χ1n) is 6.65. The van der Waals surface area contributed by atoms with E-state index in [0.29, 0.717) is 0 Å². The smallest absolute Gasteiger partial charge is 0.396 e. The van der Waals surface area contributed by atoms with Gasteiger partial charge in [0.2, 0.25) is 0 Å². The molecule has 0 aliphatic rings. The summed E-state index contributed by atoms with van der Waals surface area (Å²) in [4.78, 5) is 15.3. The van der Waals surface area contributed by atoms with Gasteiger partial charge in [0.05, 0.1) is 63.7 Å². The van der Waals surface area contributed by atoms with Gasteiger partial charge < -0.3 is 35.4 Å². The summed E-state index contributed by atoms with van der Waals surface area (Å²) in [6.45, 7) is -3.01. The lowest BCUT2D eigenvalue weighted by Gasteiger charge is -2.31. The van der Waals surface area contributed by atoms with Crippen molar-refractivity contribution in [2.45, 2.75) is 0 Å². The highest BCUT2D eigenvalue weighted by Crippen LogP contribution is 2.30. The average molecular weight is 467 g/mol. The fourth-order valence-electron chi connectivity index (χ4n) is 1.12. The molecule has 3 atom stereocenters. The Hall–Kier alpha value is 0.520. The summed E-state index contributed by atoms with van der Waals surface area (Å²) >= 11 is 4.56. The van der Waals surface area contributed by atoms with Crippen molar-refractivity contribution in [2.75, 3.05) is 52.9 Å². The molecule has 0 radical (unpaired) electrons. The van der Waals surface area contributed by atoms with Crippen molar-refractivity contribution in [3.8, 4) is 0 Å². The van der Waals surface area contributed by atoms with E-state index in [2.05, 4.69) is 15.6 Å². The summed E-state index contributed by atoms with van der Waals surface area (Å²) in [6, 6.07) is 0. The Kier molecular flexibility index (Phi) is 22.7. The molecule has 0 aromatic rings. The Morgan fingerprint density at radius 1 is 0.692 bits per heavy atom.